The van der Waals surface area contributed by atoms with Gasteiger partial charge in [-0.1, -0.05) is 52.4 Å². The minimum Gasteiger partial charge on any atom is -0.495 e. The molecular weight excluding hydrogens is 368 g/mol. The SMILES string of the molecule is CCC=C(CC(CCCCCCCC)C(OCC)(OCC)OCC)OCC1CO1. The first kappa shape index (κ1) is 26.4. The largest absolute Gasteiger partial charge is 0.495 e. The highest BCUT2D eigenvalue weighted by Gasteiger charge is 2.42. The van der Waals surface area contributed by atoms with Gasteiger partial charge in [0.25, 0.3) is 5.97 Å². The lowest BCUT2D eigenvalue weighted by molar-refractivity contribution is -0.402. The first-order chi connectivity index (χ1) is 14.2. The highest BCUT2D eigenvalue weighted by molar-refractivity contribution is 4.97. The van der Waals surface area contributed by atoms with Crippen molar-refractivity contribution in [3.05, 3.63) is 11.8 Å². The molecular formula is C24H46O5. The van der Waals surface area contributed by atoms with Crippen molar-refractivity contribution in [2.24, 2.45) is 5.92 Å². The fourth-order valence-electron chi connectivity index (χ4n) is 3.69. The summed E-state index contributed by atoms with van der Waals surface area (Å²) in [5.41, 5.74) is 0. The Kier molecular flexibility index (Phi) is 14.7. The number of epoxide rings is 1. The highest BCUT2D eigenvalue weighted by Crippen LogP contribution is 2.36. The van der Waals surface area contributed by atoms with Crippen LogP contribution in [0.15, 0.2) is 11.8 Å². The molecule has 0 aromatic rings. The van der Waals surface area contributed by atoms with Gasteiger partial charge in [-0.25, -0.2) is 0 Å². The van der Waals surface area contributed by atoms with Gasteiger partial charge < -0.3 is 23.7 Å². The Morgan fingerprint density at radius 1 is 0.931 bits per heavy atom. The smallest absolute Gasteiger partial charge is 0.286 e. The van der Waals surface area contributed by atoms with Gasteiger partial charge in [-0.3, -0.25) is 0 Å². The van der Waals surface area contributed by atoms with E-state index in [1.54, 1.807) is 0 Å². The van der Waals surface area contributed by atoms with Crippen LogP contribution in [-0.2, 0) is 23.7 Å². The average Bonchev–Trinajstić information content (AvgIpc) is 3.53. The van der Waals surface area contributed by atoms with Gasteiger partial charge in [0.05, 0.1) is 12.4 Å². The molecule has 5 nitrogen and oxygen atoms in total. The minimum atomic E-state index is -1.01. The Morgan fingerprint density at radius 3 is 2.03 bits per heavy atom. The van der Waals surface area contributed by atoms with Crippen LogP contribution in [0.1, 0.15) is 92.4 Å². The van der Waals surface area contributed by atoms with Crippen LogP contribution < -0.4 is 0 Å². The Bertz CT molecular complexity index is 402. The van der Waals surface area contributed by atoms with Crippen LogP contribution in [0, 0.1) is 5.92 Å². The van der Waals surface area contributed by atoms with E-state index in [0.29, 0.717) is 26.4 Å². The van der Waals surface area contributed by atoms with E-state index in [-0.39, 0.29) is 12.0 Å². The van der Waals surface area contributed by atoms with E-state index in [2.05, 4.69) is 19.9 Å². The Labute approximate surface area is 179 Å². The van der Waals surface area contributed by atoms with Gasteiger partial charge in [-0.2, -0.15) is 0 Å². The predicted molar refractivity (Wildman–Crippen MR) is 118 cm³/mol. The van der Waals surface area contributed by atoms with Gasteiger partial charge >= 0.3 is 0 Å². The van der Waals surface area contributed by atoms with Crippen molar-refractivity contribution in [2.75, 3.05) is 33.0 Å². The molecule has 0 saturated carbocycles. The number of allylic oxidation sites excluding steroid dienone is 2. The van der Waals surface area contributed by atoms with Crippen LogP contribution >= 0.6 is 0 Å². The number of hydrogen-bond acceptors (Lipinski definition) is 5. The Morgan fingerprint density at radius 2 is 1.52 bits per heavy atom. The summed E-state index contributed by atoms with van der Waals surface area (Å²) < 4.78 is 29.8. The van der Waals surface area contributed by atoms with Crippen molar-refractivity contribution >= 4 is 0 Å². The van der Waals surface area contributed by atoms with Gasteiger partial charge in [0.15, 0.2) is 0 Å². The minimum absolute atomic E-state index is 0.0893. The zero-order valence-electron chi connectivity index (χ0n) is 19.7. The molecule has 5 heteroatoms. The second-order valence-corrected chi connectivity index (χ2v) is 7.71. The predicted octanol–water partition coefficient (Wildman–Crippen LogP) is 6.22. The third-order valence-electron chi connectivity index (χ3n) is 5.18. The molecule has 2 atom stereocenters. The Hall–Kier alpha value is -0.620. The lowest BCUT2D eigenvalue weighted by atomic mass is 9.93. The number of unbranched alkanes of at least 4 members (excludes halogenated alkanes) is 5. The molecule has 1 aliphatic heterocycles. The van der Waals surface area contributed by atoms with Gasteiger partial charge in [0.2, 0.25) is 0 Å². The summed E-state index contributed by atoms with van der Waals surface area (Å²) in [6.07, 6.45) is 12.7. The zero-order valence-corrected chi connectivity index (χ0v) is 19.7. The van der Waals surface area contributed by atoms with E-state index >= 15 is 0 Å². The lowest BCUT2D eigenvalue weighted by Gasteiger charge is -2.39. The average molecular weight is 415 g/mol. The van der Waals surface area contributed by atoms with Gasteiger partial charge in [0.1, 0.15) is 12.7 Å². The molecule has 0 aromatic heterocycles. The quantitative estimate of drug-likeness (QED) is 0.102. The fourth-order valence-corrected chi connectivity index (χ4v) is 3.69. The Balaban J connectivity index is 2.85. The summed E-state index contributed by atoms with van der Waals surface area (Å²) in [4.78, 5) is 0. The van der Waals surface area contributed by atoms with Crippen LogP contribution in [0.3, 0.4) is 0 Å². The number of hydrogen-bond donors (Lipinski definition) is 0. The molecule has 0 bridgehead atoms. The number of ether oxygens (including phenoxy) is 5. The van der Waals surface area contributed by atoms with Crippen LogP contribution in [0.25, 0.3) is 0 Å². The van der Waals surface area contributed by atoms with Gasteiger partial charge in [-0.15, -0.1) is 0 Å². The summed E-state index contributed by atoms with van der Waals surface area (Å²) in [7, 11) is 0. The van der Waals surface area contributed by atoms with Crippen LogP contribution in [0.5, 0.6) is 0 Å². The van der Waals surface area contributed by atoms with E-state index in [1.807, 2.05) is 20.8 Å². The summed E-state index contributed by atoms with van der Waals surface area (Å²) in [6.45, 7) is 13.5. The first-order valence-corrected chi connectivity index (χ1v) is 12.0. The van der Waals surface area contributed by atoms with E-state index in [0.717, 1.165) is 38.0 Å². The molecule has 0 N–H and O–H groups in total. The molecule has 0 amide bonds. The van der Waals surface area contributed by atoms with E-state index in [1.165, 1.54) is 32.1 Å². The highest BCUT2D eigenvalue weighted by atomic mass is 16.9. The molecule has 0 spiro atoms. The van der Waals surface area contributed by atoms with Gasteiger partial charge in [-0.05, 0) is 39.7 Å². The summed E-state index contributed by atoms with van der Waals surface area (Å²) in [6, 6.07) is 0. The van der Waals surface area contributed by atoms with Crippen molar-refractivity contribution in [3.8, 4) is 0 Å². The molecule has 1 rings (SSSR count). The summed E-state index contributed by atoms with van der Waals surface area (Å²) >= 11 is 0. The maximum absolute atomic E-state index is 6.13. The monoisotopic (exact) mass is 414 g/mol. The second kappa shape index (κ2) is 16.1. The van der Waals surface area contributed by atoms with Crippen LogP contribution in [-0.4, -0.2) is 45.1 Å². The number of rotatable bonds is 20. The maximum Gasteiger partial charge on any atom is 0.286 e. The fraction of sp³-hybridized carbons (Fsp3) is 0.917. The first-order valence-electron chi connectivity index (χ1n) is 12.0. The topological polar surface area (TPSA) is 49.5 Å². The van der Waals surface area contributed by atoms with Crippen LogP contribution in [0.2, 0.25) is 0 Å². The van der Waals surface area contributed by atoms with Crippen molar-refractivity contribution in [2.45, 2.75) is 104 Å². The molecule has 1 heterocycles. The third-order valence-corrected chi connectivity index (χ3v) is 5.18. The van der Waals surface area contributed by atoms with E-state index in [4.69, 9.17) is 23.7 Å². The van der Waals surface area contributed by atoms with E-state index < -0.39 is 5.97 Å². The molecule has 29 heavy (non-hydrogen) atoms. The van der Waals surface area contributed by atoms with Crippen molar-refractivity contribution in [1.82, 2.24) is 0 Å². The maximum atomic E-state index is 6.13. The molecule has 0 aliphatic carbocycles. The standard InChI is InChI=1S/C24H46O5/c1-6-11-12-13-14-15-17-21(24(27-8-3,28-9-4)29-10-5)18-22(16-7-2)25-19-23-20-26-23/h16,21,23H,6-15,17-20H2,1-5H3. The van der Waals surface area contributed by atoms with Crippen molar-refractivity contribution < 1.29 is 23.7 Å². The molecule has 1 fully saturated rings. The molecule has 172 valence electrons. The summed E-state index contributed by atoms with van der Waals surface area (Å²) in [5, 5.41) is 0. The molecule has 0 radical (unpaired) electrons. The third kappa shape index (κ3) is 10.8. The second-order valence-electron chi connectivity index (χ2n) is 7.71. The van der Waals surface area contributed by atoms with Crippen LogP contribution in [0.4, 0.5) is 0 Å². The van der Waals surface area contributed by atoms with E-state index in [9.17, 15) is 0 Å². The van der Waals surface area contributed by atoms with Gasteiger partial charge in [0, 0.05) is 32.2 Å². The summed E-state index contributed by atoms with van der Waals surface area (Å²) in [5.74, 6) is 0.0856. The lowest BCUT2D eigenvalue weighted by Crippen LogP contribution is -2.47. The van der Waals surface area contributed by atoms with Crippen molar-refractivity contribution in [3.63, 3.8) is 0 Å². The molecule has 1 saturated heterocycles. The normalized spacial score (nSPS) is 18.1. The molecule has 2 unspecified atom stereocenters. The van der Waals surface area contributed by atoms with Crippen molar-refractivity contribution in [1.29, 1.82) is 0 Å². The zero-order chi connectivity index (χ0) is 21.4. The molecule has 0 aromatic carbocycles. The molecule has 1 aliphatic rings.